The molecule has 0 saturated carbocycles. The topological polar surface area (TPSA) is 50.7 Å². The summed E-state index contributed by atoms with van der Waals surface area (Å²) in [5.74, 6) is 2.61. The maximum Gasteiger partial charge on any atom is 0.213 e. The maximum atomic E-state index is 5.92. The highest BCUT2D eigenvalue weighted by Gasteiger charge is 2.20. The van der Waals surface area contributed by atoms with Crippen molar-refractivity contribution >= 4 is 5.82 Å². The molecule has 0 aromatic carbocycles. The van der Waals surface area contributed by atoms with Gasteiger partial charge in [0.25, 0.3) is 0 Å². The molecule has 4 heterocycles. The molecule has 4 rings (SSSR count). The Morgan fingerprint density at radius 2 is 1.93 bits per heavy atom. The summed E-state index contributed by atoms with van der Waals surface area (Å²) in [5, 5.41) is 0. The number of anilines is 1. The fraction of sp³-hybridized carbons (Fsp3) is 0.565. The van der Waals surface area contributed by atoms with E-state index in [2.05, 4.69) is 27.8 Å². The second-order valence-corrected chi connectivity index (χ2v) is 7.88. The Kier molecular flexibility index (Phi) is 6.83. The first-order chi connectivity index (χ1) is 14.3. The van der Waals surface area contributed by atoms with Crippen LogP contribution in [-0.4, -0.2) is 54.3 Å². The molecular weight excluding hydrogens is 364 g/mol. The van der Waals surface area contributed by atoms with Crippen LogP contribution in [0.4, 0.5) is 5.82 Å². The molecule has 0 aliphatic carbocycles. The van der Waals surface area contributed by atoms with E-state index in [1.54, 1.807) is 0 Å². The van der Waals surface area contributed by atoms with Crippen molar-refractivity contribution < 1.29 is 9.47 Å². The van der Waals surface area contributed by atoms with Gasteiger partial charge in [0.2, 0.25) is 5.88 Å². The first kappa shape index (κ1) is 20.0. The fourth-order valence-corrected chi connectivity index (χ4v) is 4.03. The summed E-state index contributed by atoms with van der Waals surface area (Å²) in [6, 6.07) is 8.12. The predicted octanol–water partition coefficient (Wildman–Crippen LogP) is 3.69. The smallest absolute Gasteiger partial charge is 0.213 e. The molecule has 2 aliphatic heterocycles. The van der Waals surface area contributed by atoms with Gasteiger partial charge < -0.3 is 19.3 Å². The molecule has 29 heavy (non-hydrogen) atoms. The summed E-state index contributed by atoms with van der Waals surface area (Å²) in [7, 11) is 0. The second kappa shape index (κ2) is 9.92. The molecule has 1 fully saturated rings. The Balaban J connectivity index is 1.30. The third-order valence-corrected chi connectivity index (χ3v) is 5.60. The number of hydrogen-bond acceptors (Lipinski definition) is 6. The van der Waals surface area contributed by atoms with Gasteiger partial charge in [0.05, 0.1) is 18.9 Å². The van der Waals surface area contributed by atoms with Crippen LogP contribution < -0.4 is 14.4 Å². The van der Waals surface area contributed by atoms with E-state index in [0.717, 1.165) is 75.3 Å². The summed E-state index contributed by atoms with van der Waals surface area (Å²) >= 11 is 0. The molecule has 0 amide bonds. The molecule has 2 aliphatic rings. The Bertz CT molecular complexity index is 792. The average molecular weight is 397 g/mol. The number of hydrogen-bond donors (Lipinski definition) is 0. The Hall–Kier alpha value is -2.34. The number of rotatable bonds is 9. The lowest BCUT2D eigenvalue weighted by Gasteiger charge is -2.29. The predicted molar refractivity (Wildman–Crippen MR) is 115 cm³/mol. The zero-order chi connectivity index (χ0) is 19.9. The maximum absolute atomic E-state index is 5.92. The van der Waals surface area contributed by atoms with Gasteiger partial charge in [-0.05, 0) is 50.4 Å². The lowest BCUT2D eigenvalue weighted by Crippen LogP contribution is -2.31. The van der Waals surface area contributed by atoms with Gasteiger partial charge in [0.1, 0.15) is 11.6 Å². The molecule has 1 saturated heterocycles. The van der Waals surface area contributed by atoms with Crippen LogP contribution >= 0.6 is 0 Å². The minimum atomic E-state index is 0.733. The third-order valence-electron chi connectivity index (χ3n) is 5.60. The van der Waals surface area contributed by atoms with Crippen LogP contribution in [0.2, 0.25) is 0 Å². The largest absolute Gasteiger partial charge is 0.493 e. The molecule has 2 aromatic rings. The summed E-state index contributed by atoms with van der Waals surface area (Å²) < 4.78 is 11.7. The van der Waals surface area contributed by atoms with Crippen molar-refractivity contribution in [1.82, 2.24) is 14.9 Å². The van der Waals surface area contributed by atoms with Crippen LogP contribution in [0.15, 0.2) is 30.5 Å². The third kappa shape index (κ3) is 5.38. The van der Waals surface area contributed by atoms with Crippen LogP contribution in [0, 0.1) is 0 Å². The van der Waals surface area contributed by atoms with Gasteiger partial charge in [-0.2, -0.15) is 0 Å². The molecule has 2 aromatic heterocycles. The Labute approximate surface area is 173 Å². The van der Waals surface area contributed by atoms with Gasteiger partial charge in [-0.15, -0.1) is 0 Å². The number of aromatic nitrogens is 2. The van der Waals surface area contributed by atoms with Crippen LogP contribution in [0.3, 0.4) is 0 Å². The molecule has 156 valence electrons. The molecule has 0 N–H and O–H groups in total. The highest BCUT2D eigenvalue weighted by atomic mass is 16.5. The Morgan fingerprint density at radius 3 is 2.79 bits per heavy atom. The fourth-order valence-electron chi connectivity index (χ4n) is 4.03. The van der Waals surface area contributed by atoms with Gasteiger partial charge in [0, 0.05) is 44.4 Å². The van der Waals surface area contributed by atoms with Crippen LogP contribution in [-0.2, 0) is 13.0 Å². The van der Waals surface area contributed by atoms with Gasteiger partial charge in [-0.3, -0.25) is 0 Å². The first-order valence-corrected chi connectivity index (χ1v) is 11.0. The van der Waals surface area contributed by atoms with E-state index in [4.69, 9.17) is 14.5 Å². The van der Waals surface area contributed by atoms with Crippen molar-refractivity contribution in [2.24, 2.45) is 0 Å². The molecule has 0 atom stereocenters. The van der Waals surface area contributed by atoms with E-state index in [1.165, 1.54) is 31.5 Å². The van der Waals surface area contributed by atoms with E-state index >= 15 is 0 Å². The molecule has 0 unspecified atom stereocenters. The highest BCUT2D eigenvalue weighted by Crippen LogP contribution is 2.26. The number of ether oxygens (including phenoxy) is 2. The van der Waals surface area contributed by atoms with Crippen molar-refractivity contribution in [1.29, 1.82) is 0 Å². The van der Waals surface area contributed by atoms with Crippen molar-refractivity contribution in [3.05, 3.63) is 41.7 Å². The number of nitrogens with zero attached hydrogens (tertiary/aromatic N) is 4. The Morgan fingerprint density at radius 1 is 1.03 bits per heavy atom. The van der Waals surface area contributed by atoms with E-state index in [9.17, 15) is 0 Å². The zero-order valence-electron chi connectivity index (χ0n) is 17.5. The van der Waals surface area contributed by atoms with Crippen LogP contribution in [0.25, 0.3) is 0 Å². The van der Waals surface area contributed by atoms with Crippen molar-refractivity contribution in [3.63, 3.8) is 0 Å². The van der Waals surface area contributed by atoms with Gasteiger partial charge in [-0.1, -0.05) is 13.0 Å². The van der Waals surface area contributed by atoms with Gasteiger partial charge >= 0.3 is 0 Å². The minimum Gasteiger partial charge on any atom is -0.493 e. The standard InChI is InChI=1S/C23H32N4O2/c1-2-15-28-20-8-10-24-22(17-20)27-14-9-21-19(18-27)6-7-23(25-21)29-16-5-13-26-11-3-4-12-26/h6-8,10,17H,2-5,9,11-16,18H2,1H3. The van der Waals surface area contributed by atoms with Crippen LogP contribution in [0.1, 0.15) is 43.9 Å². The quantitative estimate of drug-likeness (QED) is 0.603. The molecule has 6 heteroatoms. The molecule has 6 nitrogen and oxygen atoms in total. The molecule has 0 spiro atoms. The second-order valence-electron chi connectivity index (χ2n) is 7.88. The van der Waals surface area contributed by atoms with E-state index < -0.39 is 0 Å². The summed E-state index contributed by atoms with van der Waals surface area (Å²) in [5.41, 5.74) is 2.40. The SMILES string of the molecule is CCCOc1ccnc(N2CCc3nc(OCCCN4CCCC4)ccc3C2)c1. The van der Waals surface area contributed by atoms with E-state index in [1.807, 2.05) is 24.4 Å². The highest BCUT2D eigenvalue weighted by molar-refractivity contribution is 5.46. The first-order valence-electron chi connectivity index (χ1n) is 11.0. The van der Waals surface area contributed by atoms with Crippen molar-refractivity contribution in [2.45, 2.75) is 45.6 Å². The average Bonchev–Trinajstić information content (AvgIpc) is 3.28. The van der Waals surface area contributed by atoms with Crippen molar-refractivity contribution in [2.75, 3.05) is 44.3 Å². The monoisotopic (exact) mass is 396 g/mol. The summed E-state index contributed by atoms with van der Waals surface area (Å²) in [4.78, 5) is 14.1. The van der Waals surface area contributed by atoms with E-state index in [0.29, 0.717) is 0 Å². The zero-order valence-corrected chi connectivity index (χ0v) is 17.5. The summed E-state index contributed by atoms with van der Waals surface area (Å²) in [6.07, 6.45) is 7.48. The normalized spacial score (nSPS) is 16.7. The lowest BCUT2D eigenvalue weighted by atomic mass is 10.1. The van der Waals surface area contributed by atoms with Gasteiger partial charge in [-0.25, -0.2) is 9.97 Å². The van der Waals surface area contributed by atoms with E-state index in [-0.39, 0.29) is 0 Å². The van der Waals surface area contributed by atoms with Crippen LogP contribution in [0.5, 0.6) is 11.6 Å². The minimum absolute atomic E-state index is 0.733. The molecule has 0 bridgehead atoms. The van der Waals surface area contributed by atoms with Crippen molar-refractivity contribution in [3.8, 4) is 11.6 Å². The lowest BCUT2D eigenvalue weighted by molar-refractivity contribution is 0.256. The number of pyridine rings is 2. The molecule has 0 radical (unpaired) electrons. The van der Waals surface area contributed by atoms with Gasteiger partial charge in [0.15, 0.2) is 0 Å². The number of likely N-dealkylation sites (tertiary alicyclic amines) is 1. The summed E-state index contributed by atoms with van der Waals surface area (Å²) in [6.45, 7) is 8.94. The molecular formula is C23H32N4O2. The number of fused-ring (bicyclic) bond motifs is 1.